The number of rotatable bonds is 0. The van der Waals surface area contributed by atoms with Crippen molar-refractivity contribution in [2.24, 2.45) is 5.41 Å². The fourth-order valence-electron chi connectivity index (χ4n) is 0.471. The van der Waals surface area contributed by atoms with Gasteiger partial charge in [0.05, 0.1) is 0 Å². The number of carbonyl (C=O) groups excluding carboxylic acids is 1. The van der Waals surface area contributed by atoms with E-state index in [0.717, 1.165) is 0 Å². The van der Waals surface area contributed by atoms with Gasteiger partial charge in [-0.1, -0.05) is 0 Å². The summed E-state index contributed by atoms with van der Waals surface area (Å²) in [5, 5.41) is 17.4. The first-order chi connectivity index (χ1) is 3.88. The zero-order valence-electron chi connectivity index (χ0n) is 5.21. The molecule has 4 heteroatoms. The van der Waals surface area contributed by atoms with E-state index in [1.807, 2.05) is 0 Å². The summed E-state index contributed by atoms with van der Waals surface area (Å²) in [6.45, 7) is 2.80. The lowest BCUT2D eigenvalue weighted by molar-refractivity contribution is -0.416. The van der Waals surface area contributed by atoms with Crippen LogP contribution in [-0.2, 0) is 9.53 Å². The summed E-state index contributed by atoms with van der Waals surface area (Å²) in [6.07, 6.45) is 0. The van der Waals surface area contributed by atoms with Gasteiger partial charge in [0.15, 0.2) is 5.41 Å². The van der Waals surface area contributed by atoms with Crippen LogP contribution in [-0.4, -0.2) is 22.2 Å². The molecule has 4 nitrogen and oxygen atoms in total. The highest BCUT2D eigenvalue weighted by atomic mass is 16.8. The molecule has 0 unspecified atom stereocenters. The van der Waals surface area contributed by atoms with Gasteiger partial charge in [-0.15, -0.1) is 0 Å². The summed E-state index contributed by atoms with van der Waals surface area (Å²) in [7, 11) is 0. The van der Waals surface area contributed by atoms with Crippen molar-refractivity contribution in [3.63, 3.8) is 0 Å². The third-order valence-electron chi connectivity index (χ3n) is 1.56. The van der Waals surface area contributed by atoms with Gasteiger partial charge < -0.3 is 14.9 Å². The Morgan fingerprint density at radius 3 is 1.89 bits per heavy atom. The minimum absolute atomic E-state index is 0.590. The van der Waals surface area contributed by atoms with Crippen molar-refractivity contribution in [1.29, 1.82) is 0 Å². The van der Waals surface area contributed by atoms with Crippen LogP contribution in [0.1, 0.15) is 13.8 Å². The molecule has 1 aliphatic heterocycles. The van der Waals surface area contributed by atoms with Gasteiger partial charge in [0.25, 0.3) is 0 Å². The molecular weight excluding hydrogens is 124 g/mol. The summed E-state index contributed by atoms with van der Waals surface area (Å²) < 4.78 is 4.01. The molecule has 0 aliphatic carbocycles. The SMILES string of the molecule is CC1(C)C(=O)OC1(O)O. The molecule has 1 aliphatic rings. The molecule has 0 bridgehead atoms. The van der Waals surface area contributed by atoms with Crippen LogP contribution in [0.5, 0.6) is 0 Å². The predicted molar refractivity (Wildman–Crippen MR) is 27.0 cm³/mol. The number of hydrogen-bond acceptors (Lipinski definition) is 4. The van der Waals surface area contributed by atoms with Crippen molar-refractivity contribution < 1.29 is 19.7 Å². The van der Waals surface area contributed by atoms with Gasteiger partial charge in [-0.05, 0) is 13.8 Å². The second-order valence-corrected chi connectivity index (χ2v) is 2.62. The van der Waals surface area contributed by atoms with Gasteiger partial charge in [-0.3, -0.25) is 4.79 Å². The Morgan fingerprint density at radius 2 is 1.89 bits per heavy atom. The molecule has 9 heavy (non-hydrogen) atoms. The summed E-state index contributed by atoms with van der Waals surface area (Å²) in [6, 6.07) is 0. The number of hydrogen-bond donors (Lipinski definition) is 2. The molecule has 0 radical (unpaired) electrons. The predicted octanol–water partition coefficient (Wildman–Crippen LogP) is -0.792. The summed E-state index contributed by atoms with van der Waals surface area (Å²) in [4.78, 5) is 10.4. The van der Waals surface area contributed by atoms with E-state index in [-0.39, 0.29) is 0 Å². The van der Waals surface area contributed by atoms with Crippen molar-refractivity contribution >= 4 is 5.97 Å². The minimum atomic E-state index is -2.26. The lowest BCUT2D eigenvalue weighted by atomic mass is 9.85. The number of aliphatic hydroxyl groups is 2. The number of esters is 1. The van der Waals surface area contributed by atoms with E-state index in [1.165, 1.54) is 13.8 Å². The van der Waals surface area contributed by atoms with Gasteiger partial charge in [0.2, 0.25) is 0 Å². The first kappa shape index (κ1) is 6.51. The van der Waals surface area contributed by atoms with Gasteiger partial charge in [-0.2, -0.15) is 0 Å². The molecule has 2 N–H and O–H groups in total. The molecule has 0 atom stereocenters. The molecule has 0 amide bonds. The number of ether oxygens (including phenoxy) is 1. The van der Waals surface area contributed by atoms with Crippen molar-refractivity contribution in [1.82, 2.24) is 0 Å². The minimum Gasteiger partial charge on any atom is -0.406 e. The number of carbonyl (C=O) groups is 1. The highest BCUT2D eigenvalue weighted by Crippen LogP contribution is 2.41. The molecule has 1 saturated heterocycles. The van der Waals surface area contributed by atoms with E-state index < -0.39 is 17.4 Å². The molecule has 0 spiro atoms. The smallest absolute Gasteiger partial charge is 0.340 e. The van der Waals surface area contributed by atoms with Crippen molar-refractivity contribution in [3.05, 3.63) is 0 Å². The Bertz CT molecular complexity index is 158. The van der Waals surface area contributed by atoms with Crippen molar-refractivity contribution in [3.8, 4) is 0 Å². The zero-order chi connectivity index (χ0) is 7.28. The van der Waals surface area contributed by atoms with Gasteiger partial charge in [0, 0.05) is 0 Å². The second kappa shape index (κ2) is 1.27. The largest absolute Gasteiger partial charge is 0.406 e. The third kappa shape index (κ3) is 0.571. The van der Waals surface area contributed by atoms with Crippen LogP contribution in [0, 0.1) is 5.41 Å². The van der Waals surface area contributed by atoms with Crippen LogP contribution < -0.4 is 0 Å². The second-order valence-electron chi connectivity index (χ2n) is 2.62. The average molecular weight is 132 g/mol. The zero-order valence-corrected chi connectivity index (χ0v) is 5.21. The van der Waals surface area contributed by atoms with Crippen LogP contribution >= 0.6 is 0 Å². The Kier molecular flexibility index (Phi) is 0.921. The Balaban J connectivity index is 2.82. The van der Waals surface area contributed by atoms with Gasteiger partial charge in [0.1, 0.15) is 0 Å². The Labute approximate surface area is 52.1 Å². The standard InChI is InChI=1S/C5H8O4/c1-4(2)3(6)9-5(4,7)8/h7-8H,1-2H3. The Morgan fingerprint density at radius 1 is 1.44 bits per heavy atom. The van der Waals surface area contributed by atoms with Gasteiger partial charge >= 0.3 is 11.9 Å². The quantitative estimate of drug-likeness (QED) is 0.335. The maximum absolute atomic E-state index is 10.4. The Hall–Kier alpha value is -0.610. The third-order valence-corrected chi connectivity index (χ3v) is 1.56. The maximum Gasteiger partial charge on any atom is 0.340 e. The highest BCUT2D eigenvalue weighted by Gasteiger charge is 2.62. The average Bonchev–Trinajstić information content (AvgIpc) is 1.65. The highest BCUT2D eigenvalue weighted by molar-refractivity contribution is 5.82. The monoisotopic (exact) mass is 132 g/mol. The van der Waals surface area contributed by atoms with Crippen LogP contribution in [0.4, 0.5) is 0 Å². The van der Waals surface area contributed by atoms with Crippen LogP contribution in [0.2, 0.25) is 0 Å². The molecule has 52 valence electrons. The van der Waals surface area contributed by atoms with E-state index in [2.05, 4.69) is 4.74 Å². The fourth-order valence-corrected chi connectivity index (χ4v) is 0.471. The summed E-state index contributed by atoms with van der Waals surface area (Å²) >= 11 is 0. The van der Waals surface area contributed by atoms with Crippen LogP contribution in [0.3, 0.4) is 0 Å². The molecule has 0 saturated carbocycles. The van der Waals surface area contributed by atoms with Crippen molar-refractivity contribution in [2.45, 2.75) is 19.8 Å². The number of cyclic esters (lactones) is 1. The molecule has 0 aromatic carbocycles. The molecule has 0 aromatic rings. The first-order valence-corrected chi connectivity index (χ1v) is 2.56. The van der Waals surface area contributed by atoms with E-state index >= 15 is 0 Å². The van der Waals surface area contributed by atoms with E-state index in [1.54, 1.807) is 0 Å². The molecular formula is C5H8O4. The molecule has 0 aromatic heterocycles. The van der Waals surface area contributed by atoms with Crippen LogP contribution in [0.15, 0.2) is 0 Å². The topological polar surface area (TPSA) is 66.8 Å². The van der Waals surface area contributed by atoms with E-state index in [0.29, 0.717) is 0 Å². The summed E-state index contributed by atoms with van der Waals surface area (Å²) in [5.41, 5.74) is -1.17. The normalized spacial score (nSPS) is 28.7. The summed E-state index contributed by atoms with van der Waals surface area (Å²) in [5.74, 6) is -2.85. The lowest BCUT2D eigenvalue weighted by Gasteiger charge is -2.44. The van der Waals surface area contributed by atoms with Gasteiger partial charge in [-0.25, -0.2) is 0 Å². The van der Waals surface area contributed by atoms with Crippen molar-refractivity contribution in [2.75, 3.05) is 0 Å². The first-order valence-electron chi connectivity index (χ1n) is 2.56. The molecule has 1 rings (SSSR count). The van der Waals surface area contributed by atoms with Crippen LogP contribution in [0.25, 0.3) is 0 Å². The van der Waals surface area contributed by atoms with E-state index in [9.17, 15) is 4.79 Å². The maximum atomic E-state index is 10.4. The molecule has 1 fully saturated rings. The lowest BCUT2D eigenvalue weighted by Crippen LogP contribution is -2.63. The van der Waals surface area contributed by atoms with E-state index in [4.69, 9.17) is 10.2 Å². The fraction of sp³-hybridized carbons (Fsp3) is 0.800. The molecule has 1 heterocycles.